The van der Waals surface area contributed by atoms with Crippen molar-refractivity contribution in [2.24, 2.45) is 0 Å². The summed E-state index contributed by atoms with van der Waals surface area (Å²) in [5, 5.41) is 5.70. The minimum atomic E-state index is 0.491. The Kier molecular flexibility index (Phi) is 5.11. The molecule has 0 aliphatic heterocycles. The Balaban J connectivity index is 2.11. The summed E-state index contributed by atoms with van der Waals surface area (Å²) in [4.78, 5) is 4.42. The molecule has 0 aliphatic rings. The molecule has 19 heavy (non-hydrogen) atoms. The highest BCUT2D eigenvalue weighted by molar-refractivity contribution is 7.07. The zero-order chi connectivity index (χ0) is 13.7. The van der Waals surface area contributed by atoms with Gasteiger partial charge in [-0.15, -0.1) is 11.3 Å². The predicted molar refractivity (Wildman–Crippen MR) is 82.9 cm³/mol. The molecule has 2 aromatic rings. The van der Waals surface area contributed by atoms with Gasteiger partial charge >= 0.3 is 0 Å². The molecule has 3 heteroatoms. The van der Waals surface area contributed by atoms with E-state index in [-0.39, 0.29) is 0 Å². The number of aromatic nitrogens is 1. The normalized spacial score (nSPS) is 12.8. The predicted octanol–water partition coefficient (Wildman–Crippen LogP) is 3.78. The summed E-state index contributed by atoms with van der Waals surface area (Å²) in [7, 11) is 0. The third kappa shape index (κ3) is 4.44. The van der Waals surface area contributed by atoms with E-state index in [1.54, 1.807) is 11.3 Å². The van der Waals surface area contributed by atoms with Gasteiger partial charge in [-0.2, -0.15) is 0 Å². The van der Waals surface area contributed by atoms with Gasteiger partial charge in [0.05, 0.1) is 11.2 Å². The van der Waals surface area contributed by atoms with Crippen molar-refractivity contribution in [3.63, 3.8) is 0 Å². The highest BCUT2D eigenvalue weighted by Gasteiger charge is 2.13. The van der Waals surface area contributed by atoms with Crippen LogP contribution in [0.5, 0.6) is 0 Å². The van der Waals surface area contributed by atoms with E-state index < -0.39 is 0 Å². The Bertz CT molecular complexity index is 474. The van der Waals surface area contributed by atoms with Gasteiger partial charge in [0.1, 0.15) is 0 Å². The molecular weight excluding hydrogens is 252 g/mol. The molecule has 2 rings (SSSR count). The largest absolute Gasteiger partial charge is 0.314 e. The van der Waals surface area contributed by atoms with Crippen molar-refractivity contribution in [1.82, 2.24) is 10.3 Å². The van der Waals surface area contributed by atoms with Gasteiger partial charge in [0, 0.05) is 23.9 Å². The Morgan fingerprint density at radius 1 is 1.21 bits per heavy atom. The first-order chi connectivity index (χ1) is 9.15. The van der Waals surface area contributed by atoms with Crippen LogP contribution in [0, 0.1) is 6.92 Å². The lowest BCUT2D eigenvalue weighted by molar-refractivity contribution is 0.524. The van der Waals surface area contributed by atoms with Crippen LogP contribution in [0.3, 0.4) is 0 Å². The summed E-state index contributed by atoms with van der Waals surface area (Å²) in [6.45, 7) is 7.51. The van der Waals surface area contributed by atoms with Crippen LogP contribution in [0.2, 0.25) is 0 Å². The van der Waals surface area contributed by atoms with Gasteiger partial charge < -0.3 is 5.32 Å². The monoisotopic (exact) mass is 274 g/mol. The number of benzene rings is 1. The SMILES string of the molecule is Cc1ccc(C(CNC(C)C)Cc2cscn2)cc1. The highest BCUT2D eigenvalue weighted by atomic mass is 32.1. The summed E-state index contributed by atoms with van der Waals surface area (Å²) in [5.74, 6) is 0.491. The van der Waals surface area contributed by atoms with E-state index in [1.165, 1.54) is 16.8 Å². The first-order valence-corrected chi connectivity index (χ1v) is 7.76. The number of nitrogens with zero attached hydrogens (tertiary/aromatic N) is 1. The smallest absolute Gasteiger partial charge is 0.0794 e. The van der Waals surface area contributed by atoms with E-state index in [0.29, 0.717) is 12.0 Å². The summed E-state index contributed by atoms with van der Waals surface area (Å²) in [5.41, 5.74) is 5.82. The fraction of sp³-hybridized carbons (Fsp3) is 0.438. The molecule has 1 aromatic carbocycles. The van der Waals surface area contributed by atoms with Crippen LogP contribution >= 0.6 is 11.3 Å². The first-order valence-electron chi connectivity index (χ1n) is 6.82. The van der Waals surface area contributed by atoms with Crippen molar-refractivity contribution in [3.05, 3.63) is 52.0 Å². The molecular formula is C16H22N2S. The van der Waals surface area contributed by atoms with Crippen LogP contribution < -0.4 is 5.32 Å². The van der Waals surface area contributed by atoms with Gasteiger partial charge in [-0.1, -0.05) is 43.7 Å². The van der Waals surface area contributed by atoms with Crippen LogP contribution in [0.4, 0.5) is 0 Å². The lowest BCUT2D eigenvalue weighted by Gasteiger charge is -2.19. The molecule has 0 aliphatic carbocycles. The van der Waals surface area contributed by atoms with Crippen LogP contribution in [0.1, 0.15) is 36.6 Å². The standard InChI is InChI=1S/C16H22N2S/c1-12(2)17-9-15(8-16-10-19-11-18-16)14-6-4-13(3)5-7-14/h4-7,10-12,15,17H,8-9H2,1-3H3. The Morgan fingerprint density at radius 3 is 2.53 bits per heavy atom. The molecule has 1 atom stereocenters. The number of hydrogen-bond donors (Lipinski definition) is 1. The second-order valence-electron chi connectivity index (χ2n) is 5.35. The van der Waals surface area contributed by atoms with Gasteiger partial charge in [-0.05, 0) is 18.9 Å². The Labute approximate surface area is 119 Å². The molecule has 0 fully saturated rings. The molecule has 1 aromatic heterocycles. The van der Waals surface area contributed by atoms with Gasteiger partial charge in [0.2, 0.25) is 0 Å². The topological polar surface area (TPSA) is 24.9 Å². The second-order valence-corrected chi connectivity index (χ2v) is 6.07. The van der Waals surface area contributed by atoms with Crippen molar-refractivity contribution >= 4 is 11.3 Å². The first kappa shape index (κ1) is 14.2. The van der Waals surface area contributed by atoms with Crippen molar-refractivity contribution in [2.75, 3.05) is 6.54 Å². The average molecular weight is 274 g/mol. The number of aryl methyl sites for hydroxylation is 1. The van der Waals surface area contributed by atoms with Crippen molar-refractivity contribution in [2.45, 2.75) is 39.2 Å². The van der Waals surface area contributed by atoms with Crippen LogP contribution in [-0.2, 0) is 6.42 Å². The van der Waals surface area contributed by atoms with E-state index in [1.807, 2.05) is 5.51 Å². The highest BCUT2D eigenvalue weighted by Crippen LogP contribution is 2.21. The van der Waals surface area contributed by atoms with E-state index in [2.05, 4.69) is 60.7 Å². The maximum atomic E-state index is 4.42. The Morgan fingerprint density at radius 2 is 1.95 bits per heavy atom. The molecule has 1 N–H and O–H groups in total. The fourth-order valence-electron chi connectivity index (χ4n) is 2.12. The van der Waals surface area contributed by atoms with E-state index >= 15 is 0 Å². The molecule has 1 unspecified atom stereocenters. The third-order valence-corrected chi connectivity index (χ3v) is 3.90. The number of hydrogen-bond acceptors (Lipinski definition) is 3. The molecule has 102 valence electrons. The molecule has 0 saturated heterocycles. The fourth-order valence-corrected chi connectivity index (χ4v) is 2.69. The maximum absolute atomic E-state index is 4.42. The van der Waals surface area contributed by atoms with E-state index in [4.69, 9.17) is 0 Å². The molecule has 0 amide bonds. The summed E-state index contributed by atoms with van der Waals surface area (Å²) in [6.07, 6.45) is 1.01. The Hall–Kier alpha value is -1.19. The van der Waals surface area contributed by atoms with Gasteiger partial charge in [-0.3, -0.25) is 0 Å². The lowest BCUT2D eigenvalue weighted by atomic mass is 9.93. The number of nitrogens with one attached hydrogen (secondary N) is 1. The quantitative estimate of drug-likeness (QED) is 0.867. The van der Waals surface area contributed by atoms with Crippen molar-refractivity contribution in [3.8, 4) is 0 Å². The van der Waals surface area contributed by atoms with Crippen LogP contribution in [-0.4, -0.2) is 17.6 Å². The van der Waals surface area contributed by atoms with E-state index in [9.17, 15) is 0 Å². The molecule has 0 bridgehead atoms. The molecule has 2 nitrogen and oxygen atoms in total. The maximum Gasteiger partial charge on any atom is 0.0794 e. The second kappa shape index (κ2) is 6.83. The third-order valence-electron chi connectivity index (χ3n) is 3.26. The zero-order valence-electron chi connectivity index (χ0n) is 11.9. The van der Waals surface area contributed by atoms with Crippen molar-refractivity contribution in [1.29, 1.82) is 0 Å². The molecule has 0 spiro atoms. The number of thiazole rings is 1. The van der Waals surface area contributed by atoms with Gasteiger partial charge in [0.25, 0.3) is 0 Å². The minimum Gasteiger partial charge on any atom is -0.314 e. The number of rotatable bonds is 6. The summed E-state index contributed by atoms with van der Waals surface area (Å²) < 4.78 is 0. The average Bonchev–Trinajstić information content (AvgIpc) is 2.88. The molecule has 1 heterocycles. The van der Waals surface area contributed by atoms with Crippen LogP contribution in [0.25, 0.3) is 0 Å². The van der Waals surface area contributed by atoms with E-state index in [0.717, 1.165) is 13.0 Å². The van der Waals surface area contributed by atoms with Gasteiger partial charge in [0.15, 0.2) is 0 Å². The summed E-state index contributed by atoms with van der Waals surface area (Å²) in [6, 6.07) is 9.39. The van der Waals surface area contributed by atoms with Gasteiger partial charge in [-0.25, -0.2) is 4.98 Å². The van der Waals surface area contributed by atoms with Crippen LogP contribution in [0.15, 0.2) is 35.2 Å². The lowest BCUT2D eigenvalue weighted by Crippen LogP contribution is -2.29. The minimum absolute atomic E-state index is 0.491. The zero-order valence-corrected chi connectivity index (χ0v) is 12.7. The molecule has 0 radical (unpaired) electrons. The molecule has 0 saturated carbocycles. The van der Waals surface area contributed by atoms with Crippen molar-refractivity contribution < 1.29 is 0 Å². The summed E-state index contributed by atoms with van der Waals surface area (Å²) >= 11 is 1.67.